The molecule has 0 bridgehead atoms. The molecule has 0 unspecified atom stereocenters. The van der Waals surface area contributed by atoms with Crippen LogP contribution in [0.1, 0.15) is 0 Å². The fourth-order valence-corrected chi connectivity index (χ4v) is 1.83. The van der Waals surface area contributed by atoms with Crippen molar-refractivity contribution in [3.05, 3.63) is 22.3 Å². The minimum atomic E-state index is 0.306. The van der Waals surface area contributed by atoms with Crippen LogP contribution in [0.15, 0.2) is 12.1 Å². The van der Waals surface area contributed by atoms with E-state index in [-0.39, 0.29) is 0 Å². The lowest BCUT2D eigenvalue weighted by Gasteiger charge is -1.96. The van der Waals surface area contributed by atoms with Crippen LogP contribution in [0.3, 0.4) is 0 Å². The van der Waals surface area contributed by atoms with Crippen molar-refractivity contribution in [1.82, 2.24) is 14.3 Å². The van der Waals surface area contributed by atoms with Gasteiger partial charge in [-0.15, -0.1) is 0 Å². The van der Waals surface area contributed by atoms with Crippen LogP contribution in [0.25, 0.3) is 11.5 Å². The second-order valence-electron chi connectivity index (χ2n) is 2.45. The summed E-state index contributed by atoms with van der Waals surface area (Å²) in [7, 11) is 0. The fourth-order valence-electron chi connectivity index (χ4n) is 0.919. The van der Waals surface area contributed by atoms with E-state index in [1.807, 2.05) is 0 Å². The normalized spacial score (nSPS) is 10.4. The van der Waals surface area contributed by atoms with Gasteiger partial charge in [-0.05, 0) is 12.1 Å². The van der Waals surface area contributed by atoms with Gasteiger partial charge in [0.05, 0.1) is 0 Å². The maximum atomic E-state index is 5.80. The zero-order valence-electron chi connectivity index (χ0n) is 6.74. The van der Waals surface area contributed by atoms with E-state index in [1.165, 1.54) is 0 Å². The molecule has 4 nitrogen and oxygen atoms in total. The van der Waals surface area contributed by atoms with E-state index in [0.29, 0.717) is 26.8 Å². The van der Waals surface area contributed by atoms with Crippen LogP contribution >= 0.6 is 34.7 Å². The van der Waals surface area contributed by atoms with E-state index in [2.05, 4.69) is 14.3 Å². The first-order valence-electron chi connectivity index (χ1n) is 3.58. The van der Waals surface area contributed by atoms with Crippen LogP contribution in [0.2, 0.25) is 10.2 Å². The van der Waals surface area contributed by atoms with Crippen LogP contribution in [-0.2, 0) is 0 Å². The highest BCUT2D eigenvalue weighted by molar-refractivity contribution is 7.09. The summed E-state index contributed by atoms with van der Waals surface area (Å²) in [6.45, 7) is 0. The van der Waals surface area contributed by atoms with E-state index in [9.17, 15) is 0 Å². The third-order valence-corrected chi connectivity index (χ3v) is 2.38. The van der Waals surface area contributed by atoms with Gasteiger partial charge in [-0.3, -0.25) is 0 Å². The lowest BCUT2D eigenvalue weighted by molar-refractivity contribution is 1.24. The van der Waals surface area contributed by atoms with Gasteiger partial charge in [0.25, 0.3) is 0 Å². The first-order valence-corrected chi connectivity index (χ1v) is 5.11. The second-order valence-corrected chi connectivity index (χ2v) is 4.06. The van der Waals surface area contributed by atoms with Crippen molar-refractivity contribution in [2.75, 3.05) is 5.73 Å². The van der Waals surface area contributed by atoms with Crippen LogP contribution in [-0.4, -0.2) is 14.3 Å². The van der Waals surface area contributed by atoms with Gasteiger partial charge in [-0.25, -0.2) is 4.98 Å². The Morgan fingerprint density at radius 3 is 2.57 bits per heavy atom. The van der Waals surface area contributed by atoms with Gasteiger partial charge >= 0.3 is 0 Å². The molecule has 2 aromatic rings. The predicted molar refractivity (Wildman–Crippen MR) is 57.6 cm³/mol. The molecule has 0 atom stereocenters. The third-order valence-electron chi connectivity index (χ3n) is 1.43. The molecule has 0 saturated carbocycles. The molecule has 0 spiro atoms. The Morgan fingerprint density at radius 1 is 1.21 bits per heavy atom. The summed E-state index contributed by atoms with van der Waals surface area (Å²) in [6.07, 6.45) is 0. The molecule has 14 heavy (non-hydrogen) atoms. The molecule has 0 aliphatic carbocycles. The smallest absolute Gasteiger partial charge is 0.200 e. The van der Waals surface area contributed by atoms with Crippen molar-refractivity contribution in [2.24, 2.45) is 0 Å². The summed E-state index contributed by atoms with van der Waals surface area (Å²) in [5.41, 5.74) is 5.97. The number of aromatic nitrogens is 3. The minimum Gasteiger partial charge on any atom is -0.374 e. The van der Waals surface area contributed by atoms with Crippen LogP contribution < -0.4 is 5.73 Å². The largest absolute Gasteiger partial charge is 0.374 e. The molecule has 72 valence electrons. The van der Waals surface area contributed by atoms with E-state index in [0.717, 1.165) is 11.5 Å². The maximum absolute atomic E-state index is 5.80. The number of rotatable bonds is 1. The quantitative estimate of drug-likeness (QED) is 0.786. The molecule has 0 fully saturated rings. The summed E-state index contributed by atoms with van der Waals surface area (Å²) < 4.78 is 3.99. The van der Waals surface area contributed by atoms with Crippen molar-refractivity contribution in [1.29, 1.82) is 0 Å². The number of hydrogen-bond acceptors (Lipinski definition) is 5. The van der Waals surface area contributed by atoms with Gasteiger partial charge in [0.2, 0.25) is 0 Å². The zero-order chi connectivity index (χ0) is 10.1. The molecule has 2 aromatic heterocycles. The first-order chi connectivity index (χ1) is 6.65. The summed E-state index contributed by atoms with van der Waals surface area (Å²) >= 11 is 12.6. The topological polar surface area (TPSA) is 64.7 Å². The lowest BCUT2D eigenvalue weighted by Crippen LogP contribution is -1.87. The second kappa shape index (κ2) is 3.68. The van der Waals surface area contributed by atoms with E-state index in [1.54, 1.807) is 12.1 Å². The SMILES string of the molecule is Nc1nc(-c2cc(Cl)cc(Cl)n2)ns1. The third kappa shape index (κ3) is 1.95. The van der Waals surface area contributed by atoms with Gasteiger partial charge in [-0.2, -0.15) is 9.36 Å². The number of nitrogen functional groups attached to an aromatic ring is 1. The van der Waals surface area contributed by atoms with Crippen molar-refractivity contribution < 1.29 is 0 Å². The molecule has 0 radical (unpaired) electrons. The molecule has 0 aliphatic rings. The number of nitrogens with zero attached hydrogens (tertiary/aromatic N) is 3. The number of pyridine rings is 1. The summed E-state index contributed by atoms with van der Waals surface area (Å²) in [6, 6.07) is 3.18. The number of halogens is 2. The van der Waals surface area contributed by atoms with Crippen LogP contribution in [0.4, 0.5) is 5.13 Å². The highest BCUT2D eigenvalue weighted by Crippen LogP contribution is 2.23. The zero-order valence-corrected chi connectivity index (χ0v) is 9.07. The number of hydrogen-bond donors (Lipinski definition) is 1. The van der Waals surface area contributed by atoms with Gasteiger partial charge in [0, 0.05) is 16.6 Å². The monoisotopic (exact) mass is 246 g/mol. The molecule has 2 rings (SSSR count). The Bertz CT molecular complexity index is 450. The first kappa shape index (κ1) is 9.64. The Hall–Kier alpha value is -0.910. The highest BCUT2D eigenvalue weighted by atomic mass is 35.5. The predicted octanol–water partition coefficient (Wildman–Crippen LogP) is 2.49. The van der Waals surface area contributed by atoms with Crippen LogP contribution in [0, 0.1) is 0 Å². The van der Waals surface area contributed by atoms with E-state index < -0.39 is 0 Å². The Labute approximate surface area is 93.9 Å². The average Bonchev–Trinajstić information content (AvgIpc) is 2.50. The average molecular weight is 247 g/mol. The number of nitrogens with two attached hydrogens (primary N) is 1. The molecule has 2 heterocycles. The van der Waals surface area contributed by atoms with E-state index >= 15 is 0 Å². The Kier molecular flexibility index (Phi) is 2.54. The molecule has 0 aliphatic heterocycles. The van der Waals surface area contributed by atoms with Gasteiger partial charge in [0.15, 0.2) is 11.0 Å². The molecular weight excluding hydrogens is 243 g/mol. The Balaban J connectivity index is 2.51. The summed E-state index contributed by atoms with van der Waals surface area (Å²) in [5, 5.41) is 1.19. The number of anilines is 1. The standard InChI is InChI=1S/C7H4Cl2N4S/c8-3-1-4(11-5(9)2-3)6-12-7(10)14-13-6/h1-2H,(H2,10,12,13). The van der Waals surface area contributed by atoms with Gasteiger partial charge in [-0.1, -0.05) is 23.2 Å². The van der Waals surface area contributed by atoms with Crippen molar-refractivity contribution in [3.8, 4) is 11.5 Å². The lowest BCUT2D eigenvalue weighted by atomic mass is 10.3. The van der Waals surface area contributed by atoms with Crippen LogP contribution in [0.5, 0.6) is 0 Å². The van der Waals surface area contributed by atoms with Crippen molar-refractivity contribution in [3.63, 3.8) is 0 Å². The summed E-state index contributed by atoms with van der Waals surface area (Å²) in [4.78, 5) is 7.99. The molecular formula is C7H4Cl2N4S. The van der Waals surface area contributed by atoms with Crippen molar-refractivity contribution in [2.45, 2.75) is 0 Å². The molecule has 0 saturated heterocycles. The Morgan fingerprint density at radius 2 is 2.00 bits per heavy atom. The minimum absolute atomic E-state index is 0.306. The fraction of sp³-hybridized carbons (Fsp3) is 0. The van der Waals surface area contributed by atoms with Crippen molar-refractivity contribution >= 4 is 39.9 Å². The van der Waals surface area contributed by atoms with Gasteiger partial charge < -0.3 is 5.73 Å². The van der Waals surface area contributed by atoms with Gasteiger partial charge in [0.1, 0.15) is 10.8 Å². The maximum Gasteiger partial charge on any atom is 0.200 e. The summed E-state index contributed by atoms with van der Waals surface area (Å²) in [5.74, 6) is 0.442. The molecule has 7 heteroatoms. The highest BCUT2D eigenvalue weighted by Gasteiger charge is 2.07. The molecule has 0 aromatic carbocycles. The van der Waals surface area contributed by atoms with E-state index in [4.69, 9.17) is 28.9 Å². The molecule has 2 N–H and O–H groups in total. The molecule has 0 amide bonds.